The lowest BCUT2D eigenvalue weighted by Gasteiger charge is -2.34. The van der Waals surface area contributed by atoms with Crippen molar-refractivity contribution >= 4 is 0 Å². The molecule has 0 aromatic carbocycles. The highest BCUT2D eigenvalue weighted by Crippen LogP contribution is 2.38. The topological polar surface area (TPSA) is 23.8 Å². The molecule has 4 atom stereocenters. The predicted octanol–water partition coefficient (Wildman–Crippen LogP) is 3.55. The molecule has 0 heterocycles. The Morgan fingerprint density at radius 1 is 1.36 bits per heavy atom. The molecule has 0 saturated heterocycles. The lowest BCUT2D eigenvalue weighted by molar-refractivity contribution is 0.207. The number of nitrogens with zero attached hydrogens (tertiary/aromatic N) is 1. The molecule has 1 heteroatoms. The van der Waals surface area contributed by atoms with Crippen LogP contribution in [0.2, 0.25) is 0 Å². The first-order chi connectivity index (χ1) is 6.72. The summed E-state index contributed by atoms with van der Waals surface area (Å²) in [6.07, 6.45) is 7.52. The normalized spacial score (nSPS) is 34.1. The van der Waals surface area contributed by atoms with E-state index >= 15 is 0 Å². The monoisotopic (exact) mass is 189 g/mol. The second-order valence-electron chi connectivity index (χ2n) is 4.29. The van der Waals surface area contributed by atoms with Crippen molar-refractivity contribution in [2.45, 2.75) is 26.2 Å². The standard InChI is InChI=1S/C13H19N/c1-4-11-6-7-13(10(3)9-14)12(5-2)8-11/h4-5,10-13H,1-2,6-8H2,3H3. The van der Waals surface area contributed by atoms with Crippen molar-refractivity contribution in [3.63, 3.8) is 0 Å². The first-order valence-electron chi connectivity index (χ1n) is 5.37. The zero-order chi connectivity index (χ0) is 10.6. The second-order valence-corrected chi connectivity index (χ2v) is 4.29. The van der Waals surface area contributed by atoms with Gasteiger partial charge in [-0.25, -0.2) is 0 Å². The van der Waals surface area contributed by atoms with E-state index in [1.807, 2.05) is 19.1 Å². The highest BCUT2D eigenvalue weighted by Gasteiger charge is 2.30. The second kappa shape index (κ2) is 5.00. The van der Waals surface area contributed by atoms with E-state index in [0.29, 0.717) is 17.8 Å². The number of rotatable bonds is 3. The minimum atomic E-state index is 0.156. The summed E-state index contributed by atoms with van der Waals surface area (Å²) in [6, 6.07) is 2.36. The van der Waals surface area contributed by atoms with Crippen molar-refractivity contribution in [1.82, 2.24) is 0 Å². The highest BCUT2D eigenvalue weighted by molar-refractivity contribution is 4.99. The Morgan fingerprint density at radius 2 is 2.07 bits per heavy atom. The summed E-state index contributed by atoms with van der Waals surface area (Å²) in [5.41, 5.74) is 0. The van der Waals surface area contributed by atoms with E-state index in [4.69, 9.17) is 5.26 Å². The molecular weight excluding hydrogens is 170 g/mol. The molecule has 1 nitrogen and oxygen atoms in total. The zero-order valence-corrected chi connectivity index (χ0v) is 8.95. The van der Waals surface area contributed by atoms with Gasteiger partial charge in [-0.1, -0.05) is 12.2 Å². The van der Waals surface area contributed by atoms with Gasteiger partial charge in [-0.2, -0.15) is 5.26 Å². The molecule has 1 aliphatic rings. The maximum atomic E-state index is 8.92. The third-order valence-electron chi connectivity index (χ3n) is 3.48. The molecule has 0 aliphatic heterocycles. The Kier molecular flexibility index (Phi) is 3.95. The van der Waals surface area contributed by atoms with Crippen LogP contribution < -0.4 is 0 Å². The minimum Gasteiger partial charge on any atom is -0.198 e. The maximum absolute atomic E-state index is 8.92. The Hall–Kier alpha value is -1.03. The minimum absolute atomic E-state index is 0.156. The van der Waals surface area contributed by atoms with Gasteiger partial charge in [0.1, 0.15) is 0 Å². The van der Waals surface area contributed by atoms with E-state index in [-0.39, 0.29) is 5.92 Å². The van der Waals surface area contributed by atoms with Crippen LogP contribution in [0.25, 0.3) is 0 Å². The summed E-state index contributed by atoms with van der Waals surface area (Å²) in [7, 11) is 0. The van der Waals surface area contributed by atoms with Gasteiger partial charge >= 0.3 is 0 Å². The van der Waals surface area contributed by atoms with Gasteiger partial charge in [0.15, 0.2) is 0 Å². The molecule has 0 radical (unpaired) electrons. The lowest BCUT2D eigenvalue weighted by Crippen LogP contribution is -2.27. The van der Waals surface area contributed by atoms with Crippen molar-refractivity contribution in [3.05, 3.63) is 25.3 Å². The number of nitriles is 1. The van der Waals surface area contributed by atoms with Gasteiger partial charge in [0.25, 0.3) is 0 Å². The van der Waals surface area contributed by atoms with E-state index < -0.39 is 0 Å². The summed E-state index contributed by atoms with van der Waals surface area (Å²) in [5.74, 6) is 1.79. The number of hydrogen-bond donors (Lipinski definition) is 0. The van der Waals surface area contributed by atoms with Crippen LogP contribution in [-0.2, 0) is 0 Å². The molecule has 0 aromatic heterocycles. The van der Waals surface area contributed by atoms with Crippen LogP contribution in [0.4, 0.5) is 0 Å². The summed E-state index contributed by atoms with van der Waals surface area (Å²) in [4.78, 5) is 0. The van der Waals surface area contributed by atoms with Crippen molar-refractivity contribution in [3.8, 4) is 6.07 Å². The van der Waals surface area contributed by atoms with Gasteiger partial charge < -0.3 is 0 Å². The molecular formula is C13H19N. The molecule has 0 aromatic rings. The molecule has 14 heavy (non-hydrogen) atoms. The molecule has 0 N–H and O–H groups in total. The van der Waals surface area contributed by atoms with E-state index in [1.165, 1.54) is 6.42 Å². The maximum Gasteiger partial charge on any atom is 0.0656 e. The van der Waals surface area contributed by atoms with Gasteiger partial charge in [0.05, 0.1) is 6.07 Å². The van der Waals surface area contributed by atoms with Crippen LogP contribution in [0.15, 0.2) is 25.3 Å². The van der Waals surface area contributed by atoms with E-state index in [9.17, 15) is 0 Å². The Labute approximate surface area is 87.1 Å². The Bertz CT molecular complexity index is 248. The third-order valence-corrected chi connectivity index (χ3v) is 3.48. The van der Waals surface area contributed by atoms with Gasteiger partial charge in [-0.3, -0.25) is 0 Å². The molecule has 1 aliphatic carbocycles. The van der Waals surface area contributed by atoms with Crippen molar-refractivity contribution < 1.29 is 0 Å². The molecule has 0 bridgehead atoms. The number of allylic oxidation sites excluding steroid dienone is 2. The van der Waals surface area contributed by atoms with Crippen LogP contribution in [0.3, 0.4) is 0 Å². The summed E-state index contributed by atoms with van der Waals surface area (Å²) < 4.78 is 0. The van der Waals surface area contributed by atoms with Crippen molar-refractivity contribution in [2.24, 2.45) is 23.7 Å². The largest absolute Gasteiger partial charge is 0.198 e. The van der Waals surface area contributed by atoms with E-state index in [1.54, 1.807) is 0 Å². The SMILES string of the molecule is C=CC1CCC(C(C)C#N)C(C=C)C1. The van der Waals surface area contributed by atoms with E-state index in [2.05, 4.69) is 19.2 Å². The van der Waals surface area contributed by atoms with E-state index in [0.717, 1.165) is 12.8 Å². The molecule has 1 saturated carbocycles. The quantitative estimate of drug-likeness (QED) is 0.623. The van der Waals surface area contributed by atoms with Gasteiger partial charge in [-0.15, -0.1) is 13.2 Å². The lowest BCUT2D eigenvalue weighted by atomic mass is 9.70. The fraction of sp³-hybridized carbons (Fsp3) is 0.615. The van der Waals surface area contributed by atoms with Crippen molar-refractivity contribution in [1.29, 1.82) is 5.26 Å². The molecule has 0 spiro atoms. The Balaban J connectivity index is 2.66. The van der Waals surface area contributed by atoms with Crippen LogP contribution in [0, 0.1) is 35.0 Å². The molecule has 0 amide bonds. The fourth-order valence-electron chi connectivity index (χ4n) is 2.46. The first kappa shape index (κ1) is 11.0. The summed E-state index contributed by atoms with van der Waals surface area (Å²) in [6.45, 7) is 9.74. The van der Waals surface area contributed by atoms with Gasteiger partial charge in [-0.05, 0) is 43.9 Å². The third kappa shape index (κ3) is 2.26. The van der Waals surface area contributed by atoms with Gasteiger partial charge in [0.2, 0.25) is 0 Å². The average molecular weight is 189 g/mol. The highest BCUT2D eigenvalue weighted by atomic mass is 14.4. The van der Waals surface area contributed by atoms with Crippen LogP contribution in [-0.4, -0.2) is 0 Å². The Morgan fingerprint density at radius 3 is 2.57 bits per heavy atom. The molecule has 1 rings (SSSR count). The van der Waals surface area contributed by atoms with Crippen LogP contribution in [0.1, 0.15) is 26.2 Å². The smallest absolute Gasteiger partial charge is 0.0656 e. The molecule has 4 unspecified atom stereocenters. The first-order valence-corrected chi connectivity index (χ1v) is 5.37. The molecule has 1 fully saturated rings. The summed E-state index contributed by atoms with van der Waals surface area (Å²) >= 11 is 0. The van der Waals surface area contributed by atoms with Crippen LogP contribution >= 0.6 is 0 Å². The summed E-state index contributed by atoms with van der Waals surface area (Å²) in [5, 5.41) is 8.92. The predicted molar refractivity (Wildman–Crippen MR) is 59.5 cm³/mol. The van der Waals surface area contributed by atoms with Gasteiger partial charge in [0, 0.05) is 5.92 Å². The van der Waals surface area contributed by atoms with Crippen molar-refractivity contribution in [2.75, 3.05) is 0 Å². The van der Waals surface area contributed by atoms with Crippen LogP contribution in [0.5, 0.6) is 0 Å². The zero-order valence-electron chi connectivity index (χ0n) is 8.95. The average Bonchev–Trinajstić information content (AvgIpc) is 2.27. The fourth-order valence-corrected chi connectivity index (χ4v) is 2.46. The molecule has 76 valence electrons. The number of hydrogen-bond acceptors (Lipinski definition) is 1.